The number of carbonyl (C=O) groups is 2. The number of anilines is 1. The molecule has 0 radical (unpaired) electrons. The standard InChI is InChI=1S/C32H32F3N3O5S/c1-5-38(44(4,41)42)25-17-26-24(27(31(40)36-3)28(43-26)19-11-9-18(2)10-12-19)16-23(25)21-7-6-8-22(15-21)30(39)37-29(20-13-14-20)32(33,34)35/h6-12,15-17,20,29H,5,13-14H2,1-4H3,(H,36,40)(H,37,39). The van der Waals surface area contributed by atoms with E-state index in [1.807, 2.05) is 31.2 Å². The minimum absolute atomic E-state index is 0.0232. The second-order valence-corrected chi connectivity index (χ2v) is 12.9. The molecule has 12 heteroatoms. The first-order valence-corrected chi connectivity index (χ1v) is 15.9. The number of benzene rings is 3. The summed E-state index contributed by atoms with van der Waals surface area (Å²) in [5.41, 5.74) is 3.04. The number of aryl methyl sites for hydroxylation is 1. The highest BCUT2D eigenvalue weighted by atomic mass is 32.2. The van der Waals surface area contributed by atoms with Crippen LogP contribution in [0.3, 0.4) is 0 Å². The molecule has 2 amide bonds. The fourth-order valence-corrected chi connectivity index (χ4v) is 6.34. The van der Waals surface area contributed by atoms with Crippen molar-refractivity contribution < 1.29 is 35.6 Å². The lowest BCUT2D eigenvalue weighted by Gasteiger charge is -2.24. The Hall–Kier alpha value is -4.32. The molecule has 3 aromatic carbocycles. The lowest BCUT2D eigenvalue weighted by Crippen LogP contribution is -2.46. The molecule has 1 aliphatic carbocycles. The number of nitrogens with zero attached hydrogens (tertiary/aromatic N) is 1. The van der Waals surface area contributed by atoms with Gasteiger partial charge in [0.05, 0.1) is 17.5 Å². The van der Waals surface area contributed by atoms with Gasteiger partial charge in [-0.1, -0.05) is 42.0 Å². The molecule has 0 saturated heterocycles. The van der Waals surface area contributed by atoms with Gasteiger partial charge in [-0.25, -0.2) is 8.42 Å². The summed E-state index contributed by atoms with van der Waals surface area (Å²) in [7, 11) is -2.32. The SMILES string of the molecule is CCN(c1cc2oc(-c3ccc(C)cc3)c(C(=O)NC)c2cc1-c1cccc(C(=O)NC(C2CC2)C(F)(F)F)c1)S(C)(=O)=O. The maximum Gasteiger partial charge on any atom is 0.408 e. The highest BCUT2D eigenvalue weighted by molar-refractivity contribution is 7.92. The van der Waals surface area contributed by atoms with Gasteiger partial charge in [0.1, 0.15) is 17.4 Å². The number of alkyl halides is 3. The number of nitrogens with one attached hydrogen (secondary N) is 2. The van der Waals surface area contributed by atoms with E-state index in [1.54, 1.807) is 19.1 Å². The predicted octanol–water partition coefficient (Wildman–Crippen LogP) is 6.29. The number of amides is 2. The summed E-state index contributed by atoms with van der Waals surface area (Å²) in [5, 5.41) is 5.16. The van der Waals surface area contributed by atoms with Gasteiger partial charge in [-0.3, -0.25) is 13.9 Å². The van der Waals surface area contributed by atoms with Crippen LogP contribution in [0.15, 0.2) is 65.1 Å². The Bertz CT molecular complexity index is 1850. The zero-order chi connectivity index (χ0) is 32.0. The van der Waals surface area contributed by atoms with E-state index in [4.69, 9.17) is 4.42 Å². The van der Waals surface area contributed by atoms with Crippen molar-refractivity contribution >= 4 is 38.5 Å². The first kappa shape index (κ1) is 31.1. The van der Waals surface area contributed by atoms with E-state index in [0.29, 0.717) is 34.9 Å². The molecule has 44 heavy (non-hydrogen) atoms. The summed E-state index contributed by atoms with van der Waals surface area (Å²) in [6, 6.07) is 14.5. The zero-order valence-corrected chi connectivity index (χ0v) is 25.4. The Kier molecular flexibility index (Phi) is 8.23. The van der Waals surface area contributed by atoms with Gasteiger partial charge in [-0.2, -0.15) is 13.2 Å². The van der Waals surface area contributed by atoms with Crippen LogP contribution in [0.4, 0.5) is 18.9 Å². The average molecular weight is 628 g/mol. The van der Waals surface area contributed by atoms with E-state index < -0.39 is 40.0 Å². The van der Waals surface area contributed by atoms with Crippen LogP contribution < -0.4 is 14.9 Å². The molecule has 0 aliphatic heterocycles. The van der Waals surface area contributed by atoms with Gasteiger partial charge in [0.25, 0.3) is 11.8 Å². The number of rotatable bonds is 9. The first-order valence-electron chi connectivity index (χ1n) is 14.1. The number of fused-ring (bicyclic) bond motifs is 1. The Morgan fingerprint density at radius 2 is 1.70 bits per heavy atom. The largest absolute Gasteiger partial charge is 0.455 e. The summed E-state index contributed by atoms with van der Waals surface area (Å²) in [6.45, 7) is 3.64. The maximum absolute atomic E-state index is 13.6. The summed E-state index contributed by atoms with van der Waals surface area (Å²) in [4.78, 5) is 26.2. The molecule has 2 N–H and O–H groups in total. The average Bonchev–Trinajstić information content (AvgIpc) is 3.74. The summed E-state index contributed by atoms with van der Waals surface area (Å²) >= 11 is 0. The van der Waals surface area contributed by atoms with Gasteiger partial charge in [0, 0.05) is 41.7 Å². The second kappa shape index (κ2) is 11.6. The molecule has 1 unspecified atom stereocenters. The Morgan fingerprint density at radius 3 is 2.27 bits per heavy atom. The molecule has 1 heterocycles. The fourth-order valence-electron chi connectivity index (χ4n) is 5.36. The van der Waals surface area contributed by atoms with E-state index in [2.05, 4.69) is 10.6 Å². The third-order valence-corrected chi connectivity index (χ3v) is 8.95. The van der Waals surface area contributed by atoms with E-state index in [9.17, 15) is 31.2 Å². The van der Waals surface area contributed by atoms with Crippen molar-refractivity contribution in [2.24, 2.45) is 5.92 Å². The van der Waals surface area contributed by atoms with E-state index in [1.165, 1.54) is 31.3 Å². The van der Waals surface area contributed by atoms with Crippen molar-refractivity contribution in [2.75, 3.05) is 24.2 Å². The van der Waals surface area contributed by atoms with Crippen molar-refractivity contribution in [1.82, 2.24) is 10.6 Å². The van der Waals surface area contributed by atoms with Crippen molar-refractivity contribution in [3.63, 3.8) is 0 Å². The molecule has 1 aromatic heterocycles. The smallest absolute Gasteiger partial charge is 0.408 e. The highest BCUT2D eigenvalue weighted by Crippen LogP contribution is 2.43. The Labute approximate surface area is 253 Å². The maximum atomic E-state index is 13.6. The molecule has 4 aromatic rings. The minimum atomic E-state index is -4.59. The Morgan fingerprint density at radius 1 is 1.02 bits per heavy atom. The lowest BCUT2D eigenvalue weighted by atomic mass is 9.97. The monoisotopic (exact) mass is 627 g/mol. The third-order valence-electron chi connectivity index (χ3n) is 7.70. The van der Waals surface area contributed by atoms with Crippen molar-refractivity contribution in [2.45, 2.75) is 38.9 Å². The van der Waals surface area contributed by atoms with Crippen LogP contribution >= 0.6 is 0 Å². The van der Waals surface area contributed by atoms with Crippen LogP contribution in [0.1, 0.15) is 46.0 Å². The molecule has 1 aliphatic rings. The molecule has 1 fully saturated rings. The molecule has 8 nitrogen and oxygen atoms in total. The molecule has 1 atom stereocenters. The van der Waals surface area contributed by atoms with Gasteiger partial charge in [-0.05, 0) is 56.4 Å². The van der Waals surface area contributed by atoms with Gasteiger partial charge in [0.15, 0.2) is 0 Å². The molecular weight excluding hydrogens is 595 g/mol. The van der Waals surface area contributed by atoms with Crippen LogP contribution in [0, 0.1) is 12.8 Å². The predicted molar refractivity (Wildman–Crippen MR) is 163 cm³/mol. The molecule has 0 bridgehead atoms. The fraction of sp³-hybridized carbons (Fsp3) is 0.312. The highest BCUT2D eigenvalue weighted by Gasteiger charge is 2.49. The summed E-state index contributed by atoms with van der Waals surface area (Å²) in [5.74, 6) is -1.69. The number of furan rings is 1. The second-order valence-electron chi connectivity index (χ2n) is 11.0. The van der Waals surface area contributed by atoms with Crippen molar-refractivity contribution in [3.05, 3.63) is 77.4 Å². The molecular formula is C32H32F3N3O5S. The number of carbonyl (C=O) groups excluding carboxylic acids is 2. The molecule has 232 valence electrons. The Balaban J connectivity index is 1.70. The summed E-state index contributed by atoms with van der Waals surface area (Å²) < 4.78 is 74.0. The minimum Gasteiger partial charge on any atom is -0.455 e. The van der Waals surface area contributed by atoms with Gasteiger partial charge in [0.2, 0.25) is 10.0 Å². The summed E-state index contributed by atoms with van der Waals surface area (Å²) in [6.07, 6.45) is -2.76. The van der Waals surface area contributed by atoms with E-state index >= 15 is 0 Å². The normalized spacial score (nSPS) is 14.3. The van der Waals surface area contributed by atoms with E-state index in [-0.39, 0.29) is 34.7 Å². The zero-order valence-electron chi connectivity index (χ0n) is 24.6. The van der Waals surface area contributed by atoms with Crippen LogP contribution in [0.5, 0.6) is 0 Å². The van der Waals surface area contributed by atoms with Gasteiger partial charge < -0.3 is 15.1 Å². The number of hydrogen-bond acceptors (Lipinski definition) is 5. The molecule has 0 spiro atoms. The van der Waals surface area contributed by atoms with Crippen molar-refractivity contribution in [1.29, 1.82) is 0 Å². The molecule has 5 rings (SSSR count). The van der Waals surface area contributed by atoms with Gasteiger partial charge in [-0.15, -0.1) is 0 Å². The number of sulfonamides is 1. The molecule has 1 saturated carbocycles. The third kappa shape index (κ3) is 6.17. The van der Waals surface area contributed by atoms with Crippen LogP contribution in [0.2, 0.25) is 0 Å². The lowest BCUT2D eigenvalue weighted by molar-refractivity contribution is -0.158. The quantitative estimate of drug-likeness (QED) is 0.227. The van der Waals surface area contributed by atoms with Gasteiger partial charge >= 0.3 is 6.18 Å². The first-order chi connectivity index (χ1) is 20.7. The number of hydrogen-bond donors (Lipinski definition) is 2. The number of halogens is 3. The van der Waals surface area contributed by atoms with Crippen LogP contribution in [-0.2, 0) is 10.0 Å². The van der Waals surface area contributed by atoms with E-state index in [0.717, 1.165) is 16.1 Å². The van der Waals surface area contributed by atoms with Crippen molar-refractivity contribution in [3.8, 4) is 22.5 Å². The van der Waals surface area contributed by atoms with Crippen LogP contribution in [0.25, 0.3) is 33.4 Å². The topological polar surface area (TPSA) is 109 Å². The van der Waals surface area contributed by atoms with Crippen LogP contribution in [-0.4, -0.2) is 52.3 Å².